The van der Waals surface area contributed by atoms with E-state index < -0.39 is 11.9 Å². The maximum Gasteiger partial charge on any atom is 0.345 e. The van der Waals surface area contributed by atoms with Crippen molar-refractivity contribution in [1.29, 1.82) is 0 Å². The van der Waals surface area contributed by atoms with Crippen molar-refractivity contribution in [2.24, 2.45) is 0 Å². The van der Waals surface area contributed by atoms with Crippen LogP contribution in [0.3, 0.4) is 0 Å². The van der Waals surface area contributed by atoms with Gasteiger partial charge in [-0.1, -0.05) is 39.3 Å². The summed E-state index contributed by atoms with van der Waals surface area (Å²) >= 11 is 0. The Morgan fingerprint density at radius 3 is 1.88 bits per heavy atom. The lowest BCUT2D eigenvalue weighted by atomic mass is 10.1. The van der Waals surface area contributed by atoms with Crippen molar-refractivity contribution in [1.82, 2.24) is 0 Å². The first-order valence-corrected chi connectivity index (χ1v) is 8.91. The molecular weight excluding hydrogens is 320 g/mol. The molecule has 0 unspecified atom stereocenters. The van der Waals surface area contributed by atoms with Crippen molar-refractivity contribution in [2.75, 3.05) is 19.8 Å². The maximum absolute atomic E-state index is 12.1. The van der Waals surface area contributed by atoms with Gasteiger partial charge in [0.25, 0.3) is 0 Å². The number of hydrogen-bond acceptors (Lipinski definition) is 5. The van der Waals surface area contributed by atoms with Crippen LogP contribution in [-0.2, 0) is 19.1 Å². The smallest absolute Gasteiger partial charge is 0.345 e. The first-order valence-electron chi connectivity index (χ1n) is 8.91. The van der Waals surface area contributed by atoms with E-state index in [-0.39, 0.29) is 18.8 Å². The highest BCUT2D eigenvalue weighted by atomic mass is 16.6. The van der Waals surface area contributed by atoms with Gasteiger partial charge < -0.3 is 14.2 Å². The minimum Gasteiger partial charge on any atom is -0.494 e. The molecule has 0 amide bonds. The van der Waals surface area contributed by atoms with Crippen LogP contribution in [0.4, 0.5) is 0 Å². The molecule has 0 bridgehead atoms. The second kappa shape index (κ2) is 12.1. The second-order valence-corrected chi connectivity index (χ2v) is 5.60. The van der Waals surface area contributed by atoms with Crippen LogP contribution in [0, 0.1) is 0 Å². The lowest BCUT2D eigenvalue weighted by Crippen LogP contribution is -2.19. The summed E-state index contributed by atoms with van der Waals surface area (Å²) in [5.74, 6) is -0.563. The predicted molar refractivity (Wildman–Crippen MR) is 97.3 cm³/mol. The van der Waals surface area contributed by atoms with Gasteiger partial charge in [-0.05, 0) is 43.0 Å². The Morgan fingerprint density at radius 2 is 1.40 bits per heavy atom. The number of unbranched alkanes of at least 4 members (excludes halogenated alkanes) is 1. The molecule has 25 heavy (non-hydrogen) atoms. The van der Waals surface area contributed by atoms with Gasteiger partial charge in [0.05, 0.1) is 19.8 Å². The van der Waals surface area contributed by atoms with Gasteiger partial charge in [0.15, 0.2) is 0 Å². The molecule has 1 rings (SSSR count). The Labute approximate surface area is 150 Å². The molecule has 0 fully saturated rings. The molecule has 0 aliphatic heterocycles. The van der Waals surface area contributed by atoms with Crippen LogP contribution in [0.15, 0.2) is 29.8 Å². The summed E-state index contributed by atoms with van der Waals surface area (Å²) in [4.78, 5) is 24.3. The van der Waals surface area contributed by atoms with Crippen LogP contribution >= 0.6 is 0 Å². The summed E-state index contributed by atoms with van der Waals surface area (Å²) in [6, 6.07) is 7.21. The molecule has 138 valence electrons. The third kappa shape index (κ3) is 7.88. The molecule has 1 aromatic carbocycles. The molecule has 5 nitrogen and oxygen atoms in total. The predicted octanol–water partition coefficient (Wildman–Crippen LogP) is 4.16. The molecule has 0 heterocycles. The molecular formula is C20H28O5. The summed E-state index contributed by atoms with van der Waals surface area (Å²) in [5.41, 5.74) is 0.612. The van der Waals surface area contributed by atoms with Gasteiger partial charge in [0.1, 0.15) is 11.3 Å². The summed E-state index contributed by atoms with van der Waals surface area (Å²) < 4.78 is 15.8. The monoisotopic (exact) mass is 348 g/mol. The molecule has 0 spiro atoms. The molecule has 1 aromatic rings. The van der Waals surface area contributed by atoms with Gasteiger partial charge in [0.2, 0.25) is 0 Å². The largest absolute Gasteiger partial charge is 0.494 e. The molecule has 0 aromatic heterocycles. The first kappa shape index (κ1) is 20.7. The van der Waals surface area contributed by atoms with Crippen molar-refractivity contribution in [3.8, 4) is 5.75 Å². The van der Waals surface area contributed by atoms with Gasteiger partial charge in [-0.3, -0.25) is 0 Å². The summed E-state index contributed by atoms with van der Waals surface area (Å²) in [7, 11) is 0. The van der Waals surface area contributed by atoms with Crippen molar-refractivity contribution >= 4 is 18.0 Å². The fourth-order valence-corrected chi connectivity index (χ4v) is 1.91. The minimum absolute atomic E-state index is 0.0958. The fraction of sp³-hybridized carbons (Fsp3) is 0.500. The number of rotatable bonds is 11. The molecule has 0 atom stereocenters. The van der Waals surface area contributed by atoms with Gasteiger partial charge in [0, 0.05) is 0 Å². The van der Waals surface area contributed by atoms with Crippen molar-refractivity contribution in [2.45, 2.75) is 46.5 Å². The second-order valence-electron chi connectivity index (χ2n) is 5.60. The van der Waals surface area contributed by atoms with Crippen LogP contribution in [0.5, 0.6) is 5.75 Å². The van der Waals surface area contributed by atoms with Crippen molar-refractivity contribution in [3.05, 3.63) is 35.4 Å². The number of carbonyl (C=O) groups is 2. The Morgan fingerprint density at radius 1 is 0.840 bits per heavy atom. The molecule has 0 N–H and O–H groups in total. The molecule has 0 saturated heterocycles. The Balaban J connectivity index is 2.88. The highest BCUT2D eigenvalue weighted by Gasteiger charge is 2.21. The number of esters is 2. The van der Waals surface area contributed by atoms with Gasteiger partial charge in [-0.15, -0.1) is 0 Å². The van der Waals surface area contributed by atoms with Crippen LogP contribution < -0.4 is 4.74 Å². The van der Waals surface area contributed by atoms with E-state index in [2.05, 4.69) is 6.92 Å². The summed E-state index contributed by atoms with van der Waals surface area (Å²) in [5, 5.41) is 0. The highest BCUT2D eigenvalue weighted by molar-refractivity contribution is 6.17. The van der Waals surface area contributed by atoms with Crippen LogP contribution in [0.25, 0.3) is 6.08 Å². The number of hydrogen-bond donors (Lipinski definition) is 0. The third-order valence-corrected chi connectivity index (χ3v) is 3.27. The quantitative estimate of drug-likeness (QED) is 0.198. The van der Waals surface area contributed by atoms with E-state index in [9.17, 15) is 9.59 Å². The van der Waals surface area contributed by atoms with Crippen LogP contribution in [0.2, 0.25) is 0 Å². The van der Waals surface area contributed by atoms with Crippen molar-refractivity contribution in [3.63, 3.8) is 0 Å². The standard InChI is InChI=1S/C20H28O5/c1-4-7-14-23-17-10-8-16(9-11-17)15-18(19(21)24-12-5-2)20(22)25-13-6-3/h8-11,15H,4-7,12-14H2,1-3H3. The van der Waals surface area contributed by atoms with E-state index in [1.54, 1.807) is 12.1 Å². The average Bonchev–Trinajstić information content (AvgIpc) is 2.63. The van der Waals surface area contributed by atoms with Crippen LogP contribution in [-0.4, -0.2) is 31.8 Å². The molecule has 0 radical (unpaired) electrons. The lowest BCUT2D eigenvalue weighted by Gasteiger charge is -2.09. The SMILES string of the molecule is CCCCOc1ccc(C=C(C(=O)OCCC)C(=O)OCCC)cc1. The number of carbonyl (C=O) groups excluding carboxylic acids is 2. The summed E-state index contributed by atoms with van der Waals surface area (Å²) in [6.07, 6.45) is 4.94. The molecule has 0 aliphatic rings. The Kier molecular flexibility index (Phi) is 10.1. The van der Waals surface area contributed by atoms with E-state index in [0.717, 1.165) is 18.6 Å². The number of ether oxygens (including phenoxy) is 3. The minimum atomic E-state index is -0.661. The lowest BCUT2D eigenvalue weighted by molar-refractivity contribution is -0.147. The maximum atomic E-state index is 12.1. The molecule has 5 heteroatoms. The van der Waals surface area contributed by atoms with Crippen LogP contribution in [0.1, 0.15) is 52.0 Å². The highest BCUT2D eigenvalue weighted by Crippen LogP contribution is 2.16. The first-order chi connectivity index (χ1) is 12.1. The molecule has 0 saturated carbocycles. The normalized spacial score (nSPS) is 10.0. The average molecular weight is 348 g/mol. The zero-order valence-electron chi connectivity index (χ0n) is 15.4. The van der Waals surface area contributed by atoms with Gasteiger partial charge in [-0.25, -0.2) is 9.59 Å². The third-order valence-electron chi connectivity index (χ3n) is 3.27. The van der Waals surface area contributed by atoms with E-state index in [4.69, 9.17) is 14.2 Å². The summed E-state index contributed by atoms with van der Waals surface area (Å²) in [6.45, 7) is 7.09. The Hall–Kier alpha value is -2.30. The topological polar surface area (TPSA) is 61.8 Å². The zero-order chi connectivity index (χ0) is 18.5. The zero-order valence-corrected chi connectivity index (χ0v) is 15.4. The molecule has 0 aliphatic carbocycles. The van der Waals surface area contributed by atoms with Gasteiger partial charge in [-0.2, -0.15) is 0 Å². The van der Waals surface area contributed by atoms with E-state index in [1.165, 1.54) is 6.08 Å². The number of benzene rings is 1. The van der Waals surface area contributed by atoms with E-state index in [0.29, 0.717) is 25.0 Å². The Bertz CT molecular complexity index is 538. The van der Waals surface area contributed by atoms with Crippen molar-refractivity contribution < 1.29 is 23.8 Å². The fourth-order valence-electron chi connectivity index (χ4n) is 1.91. The van der Waals surface area contributed by atoms with E-state index >= 15 is 0 Å². The van der Waals surface area contributed by atoms with E-state index in [1.807, 2.05) is 26.0 Å². The van der Waals surface area contributed by atoms with Gasteiger partial charge >= 0.3 is 11.9 Å².